The van der Waals surface area contributed by atoms with Crippen LogP contribution in [0.15, 0.2) is 79.3 Å². The molecule has 1 saturated heterocycles. The molecule has 6 rings (SSSR count). The summed E-state index contributed by atoms with van der Waals surface area (Å²) in [7, 11) is 0. The number of pyridine rings is 2. The third-order valence-electron chi connectivity index (χ3n) is 6.72. The molecule has 0 atom stereocenters. The van der Waals surface area contributed by atoms with E-state index in [1.807, 2.05) is 24.3 Å². The number of rotatable bonds is 6. The summed E-state index contributed by atoms with van der Waals surface area (Å²) in [6, 6.07) is 17.0. The Morgan fingerprint density at radius 1 is 0.974 bits per heavy atom. The molecule has 10 heteroatoms. The van der Waals surface area contributed by atoms with Gasteiger partial charge in [-0.25, -0.2) is 13.2 Å². The minimum Gasteiger partial charge on any atom is -0.319 e. The number of H-pyrrole nitrogens is 1. The summed E-state index contributed by atoms with van der Waals surface area (Å²) in [5.41, 5.74) is 5.29. The van der Waals surface area contributed by atoms with Crippen molar-refractivity contribution < 1.29 is 18.0 Å². The second-order valence-electron chi connectivity index (χ2n) is 9.62. The van der Waals surface area contributed by atoms with E-state index in [2.05, 4.69) is 25.5 Å². The fourth-order valence-electron chi connectivity index (χ4n) is 4.75. The molecule has 0 saturated carbocycles. The zero-order valence-electron chi connectivity index (χ0n) is 20.7. The number of likely N-dealkylation sites (tertiary alicyclic amines) is 1. The molecule has 2 aromatic carbocycles. The van der Waals surface area contributed by atoms with Gasteiger partial charge in [0.15, 0.2) is 5.69 Å². The molecule has 3 aromatic heterocycles. The van der Waals surface area contributed by atoms with Crippen LogP contribution >= 0.6 is 0 Å². The number of anilines is 1. The first-order valence-electron chi connectivity index (χ1n) is 12.4. The monoisotopic (exact) mass is 528 g/mol. The molecule has 5 aromatic rings. The number of amides is 1. The Kier molecular flexibility index (Phi) is 6.32. The predicted octanol–water partition coefficient (Wildman–Crippen LogP) is 5.92. The lowest BCUT2D eigenvalue weighted by Gasteiger charge is -2.15. The third kappa shape index (κ3) is 5.37. The molecule has 1 fully saturated rings. The van der Waals surface area contributed by atoms with Gasteiger partial charge in [-0.1, -0.05) is 6.07 Å². The summed E-state index contributed by atoms with van der Waals surface area (Å²) in [5.74, 6) is -3.37. The van der Waals surface area contributed by atoms with Crippen molar-refractivity contribution in [1.82, 2.24) is 25.1 Å². The molecular formula is C29H23F3N6O. The minimum absolute atomic E-state index is 0.128. The van der Waals surface area contributed by atoms with Crippen molar-refractivity contribution in [3.63, 3.8) is 0 Å². The van der Waals surface area contributed by atoms with Crippen LogP contribution in [0.2, 0.25) is 0 Å². The van der Waals surface area contributed by atoms with Gasteiger partial charge in [0, 0.05) is 48.4 Å². The molecule has 0 aliphatic carbocycles. The number of hydrogen-bond donors (Lipinski definition) is 2. The number of aromatic nitrogens is 4. The molecule has 0 radical (unpaired) electrons. The van der Waals surface area contributed by atoms with Crippen LogP contribution in [0, 0.1) is 5.82 Å². The number of aromatic amines is 1. The van der Waals surface area contributed by atoms with Gasteiger partial charge in [-0.05, 0) is 65.7 Å². The van der Waals surface area contributed by atoms with Crippen LogP contribution < -0.4 is 5.32 Å². The highest BCUT2D eigenvalue weighted by atomic mass is 19.3. The molecule has 1 aliphatic heterocycles. The molecule has 1 aliphatic rings. The van der Waals surface area contributed by atoms with Crippen LogP contribution in [-0.4, -0.2) is 50.0 Å². The number of benzene rings is 2. The standard InChI is InChI=1S/C29H23F3N6O/c30-22-4-1-19(2-5-22)25-8-6-23(15-34-25)35-28(39)27-24-12-20(3-7-26(24)36-37-27)21-11-18(13-33-14-21)16-38-10-9-29(31,32)17-38/h1-8,11-15H,9-10,16-17H2,(H,35,39)(H,36,37). The summed E-state index contributed by atoms with van der Waals surface area (Å²) < 4.78 is 40.4. The Hall–Kier alpha value is -4.57. The van der Waals surface area contributed by atoms with Crippen molar-refractivity contribution in [3.8, 4) is 22.4 Å². The fourth-order valence-corrected chi connectivity index (χ4v) is 4.75. The Morgan fingerprint density at radius 2 is 1.79 bits per heavy atom. The third-order valence-corrected chi connectivity index (χ3v) is 6.72. The van der Waals surface area contributed by atoms with E-state index >= 15 is 0 Å². The summed E-state index contributed by atoms with van der Waals surface area (Å²) >= 11 is 0. The summed E-state index contributed by atoms with van der Waals surface area (Å²) in [5, 5.41) is 10.5. The number of halogens is 3. The van der Waals surface area contributed by atoms with Crippen molar-refractivity contribution in [2.24, 2.45) is 0 Å². The maximum absolute atomic E-state index is 13.6. The first-order chi connectivity index (χ1) is 18.8. The molecule has 4 heterocycles. The SMILES string of the molecule is O=C(Nc1ccc(-c2ccc(F)cc2)nc1)c1n[nH]c2ccc(-c3cncc(CN4CCC(F)(F)C4)c3)cc12. The van der Waals surface area contributed by atoms with Crippen LogP contribution in [0.1, 0.15) is 22.5 Å². The molecule has 196 valence electrons. The van der Waals surface area contributed by atoms with E-state index in [1.165, 1.54) is 18.3 Å². The van der Waals surface area contributed by atoms with Gasteiger partial charge >= 0.3 is 0 Å². The van der Waals surface area contributed by atoms with E-state index in [0.717, 1.165) is 22.3 Å². The number of fused-ring (bicyclic) bond motifs is 1. The van der Waals surface area contributed by atoms with E-state index in [1.54, 1.807) is 41.6 Å². The maximum atomic E-state index is 13.6. The zero-order valence-corrected chi connectivity index (χ0v) is 20.7. The van der Waals surface area contributed by atoms with Crippen molar-refractivity contribution in [3.05, 3.63) is 96.3 Å². The number of hydrogen-bond acceptors (Lipinski definition) is 5. The summed E-state index contributed by atoms with van der Waals surface area (Å²) in [6.45, 7) is 0.494. The normalized spacial score (nSPS) is 15.1. The molecule has 1 amide bonds. The van der Waals surface area contributed by atoms with E-state index < -0.39 is 11.8 Å². The number of carbonyl (C=O) groups is 1. The second kappa shape index (κ2) is 9.95. The second-order valence-corrected chi connectivity index (χ2v) is 9.62. The highest BCUT2D eigenvalue weighted by molar-refractivity contribution is 6.11. The van der Waals surface area contributed by atoms with E-state index in [0.29, 0.717) is 35.4 Å². The smallest absolute Gasteiger partial charge is 0.276 e. The molecule has 0 spiro atoms. The molecule has 39 heavy (non-hydrogen) atoms. The Morgan fingerprint density at radius 3 is 2.54 bits per heavy atom. The molecule has 7 nitrogen and oxygen atoms in total. The van der Waals surface area contributed by atoms with E-state index in [4.69, 9.17) is 0 Å². The van der Waals surface area contributed by atoms with Gasteiger partial charge in [0.25, 0.3) is 11.8 Å². The van der Waals surface area contributed by atoms with Crippen molar-refractivity contribution in [1.29, 1.82) is 0 Å². The van der Waals surface area contributed by atoms with Crippen LogP contribution in [-0.2, 0) is 6.54 Å². The fraction of sp³-hybridized carbons (Fsp3) is 0.172. The lowest BCUT2D eigenvalue weighted by Crippen LogP contribution is -2.24. The Bertz CT molecular complexity index is 1650. The first kappa shape index (κ1) is 24.7. The lowest BCUT2D eigenvalue weighted by atomic mass is 10.0. The minimum atomic E-state index is -2.64. The Balaban J connectivity index is 1.20. The topological polar surface area (TPSA) is 86.8 Å². The van der Waals surface area contributed by atoms with Crippen LogP contribution in [0.4, 0.5) is 18.9 Å². The highest BCUT2D eigenvalue weighted by Gasteiger charge is 2.37. The van der Waals surface area contributed by atoms with Gasteiger partial charge in [-0.3, -0.25) is 24.8 Å². The van der Waals surface area contributed by atoms with Crippen molar-refractivity contribution >= 4 is 22.5 Å². The first-order valence-corrected chi connectivity index (χ1v) is 12.4. The van der Waals surface area contributed by atoms with Crippen LogP contribution in [0.5, 0.6) is 0 Å². The lowest BCUT2D eigenvalue weighted by molar-refractivity contribution is 0.0115. The average Bonchev–Trinajstić information content (AvgIpc) is 3.51. The Labute approximate surface area is 221 Å². The predicted molar refractivity (Wildman–Crippen MR) is 142 cm³/mol. The van der Waals surface area contributed by atoms with E-state index in [9.17, 15) is 18.0 Å². The largest absolute Gasteiger partial charge is 0.319 e. The van der Waals surface area contributed by atoms with Gasteiger partial charge in [-0.2, -0.15) is 5.10 Å². The highest BCUT2D eigenvalue weighted by Crippen LogP contribution is 2.30. The summed E-state index contributed by atoms with van der Waals surface area (Å²) in [4.78, 5) is 23.5. The van der Waals surface area contributed by atoms with Gasteiger partial charge < -0.3 is 5.32 Å². The van der Waals surface area contributed by atoms with Crippen molar-refractivity contribution in [2.45, 2.75) is 18.9 Å². The summed E-state index contributed by atoms with van der Waals surface area (Å²) in [6.07, 6.45) is 4.79. The molecular weight excluding hydrogens is 505 g/mol. The zero-order chi connectivity index (χ0) is 27.0. The molecule has 0 bridgehead atoms. The van der Waals surface area contributed by atoms with Gasteiger partial charge in [0.1, 0.15) is 5.82 Å². The van der Waals surface area contributed by atoms with Gasteiger partial charge in [-0.15, -0.1) is 0 Å². The average molecular weight is 529 g/mol. The number of alkyl halides is 2. The molecule has 0 unspecified atom stereocenters. The number of nitrogens with zero attached hydrogens (tertiary/aromatic N) is 4. The van der Waals surface area contributed by atoms with Crippen LogP contribution in [0.25, 0.3) is 33.3 Å². The number of nitrogens with one attached hydrogen (secondary N) is 2. The number of carbonyl (C=O) groups excluding carboxylic acids is 1. The molecule has 2 N–H and O–H groups in total. The quantitative estimate of drug-likeness (QED) is 0.286. The van der Waals surface area contributed by atoms with Gasteiger partial charge in [0.2, 0.25) is 0 Å². The van der Waals surface area contributed by atoms with Crippen molar-refractivity contribution in [2.75, 3.05) is 18.4 Å². The maximum Gasteiger partial charge on any atom is 0.276 e. The van der Waals surface area contributed by atoms with Crippen LogP contribution in [0.3, 0.4) is 0 Å². The van der Waals surface area contributed by atoms with Gasteiger partial charge in [0.05, 0.1) is 29.6 Å². The van der Waals surface area contributed by atoms with E-state index in [-0.39, 0.29) is 24.5 Å².